The number of rotatable bonds is 8. The van der Waals surface area contributed by atoms with E-state index < -0.39 is 0 Å². The molecule has 3 aromatic carbocycles. The summed E-state index contributed by atoms with van der Waals surface area (Å²) in [6.07, 6.45) is 1.82. The van der Waals surface area contributed by atoms with E-state index in [0.29, 0.717) is 0 Å². The van der Waals surface area contributed by atoms with E-state index in [4.69, 9.17) is 16.6 Å². The quantitative estimate of drug-likeness (QED) is 0.219. The van der Waals surface area contributed by atoms with Crippen LogP contribution < -0.4 is 10.3 Å². The van der Waals surface area contributed by atoms with Gasteiger partial charge in [0.2, 0.25) is 5.13 Å². The van der Waals surface area contributed by atoms with Crippen molar-refractivity contribution < 1.29 is 0 Å². The number of nitrogens with one attached hydrogen (secondary N) is 1. The molecule has 0 radical (unpaired) electrons. The third-order valence-corrected chi connectivity index (χ3v) is 6.44. The van der Waals surface area contributed by atoms with Crippen LogP contribution in [0.4, 0.5) is 10.8 Å². The van der Waals surface area contributed by atoms with E-state index in [1.165, 1.54) is 5.69 Å². The highest BCUT2D eigenvalue weighted by molar-refractivity contribution is 7.19. The minimum Gasteiger partial charge on any atom is -0.372 e. The molecule has 0 saturated carbocycles. The molecule has 0 bridgehead atoms. The summed E-state index contributed by atoms with van der Waals surface area (Å²) in [5, 5.41) is 5.88. The molecule has 1 N–H and O–H groups in total. The molecule has 0 fully saturated rings. The van der Waals surface area contributed by atoms with Gasteiger partial charge < -0.3 is 4.90 Å². The molecule has 4 aromatic rings. The number of nitrogens with zero attached hydrogens (tertiary/aromatic N) is 3. The largest absolute Gasteiger partial charge is 0.372 e. The number of thiazole rings is 1. The van der Waals surface area contributed by atoms with E-state index in [2.05, 4.69) is 65.7 Å². The molecule has 1 aromatic heterocycles. The lowest BCUT2D eigenvalue weighted by Gasteiger charge is -2.20. The van der Waals surface area contributed by atoms with Crippen LogP contribution in [0.15, 0.2) is 84.0 Å². The van der Waals surface area contributed by atoms with Gasteiger partial charge in [-0.05, 0) is 49.2 Å². The van der Waals surface area contributed by atoms with Crippen LogP contribution in [-0.4, -0.2) is 24.3 Å². The normalized spacial score (nSPS) is 11.1. The van der Waals surface area contributed by atoms with Crippen LogP contribution in [0.1, 0.15) is 19.4 Å². The first-order valence-electron chi connectivity index (χ1n) is 10.6. The van der Waals surface area contributed by atoms with E-state index in [1.807, 2.05) is 48.7 Å². The minimum atomic E-state index is 0.717. The highest BCUT2D eigenvalue weighted by Crippen LogP contribution is 2.39. The Morgan fingerprint density at radius 2 is 1.59 bits per heavy atom. The highest BCUT2D eigenvalue weighted by Gasteiger charge is 2.14. The van der Waals surface area contributed by atoms with Crippen molar-refractivity contribution in [2.24, 2.45) is 5.10 Å². The van der Waals surface area contributed by atoms with Gasteiger partial charge >= 0.3 is 0 Å². The van der Waals surface area contributed by atoms with Gasteiger partial charge in [0.1, 0.15) is 0 Å². The SMILES string of the molecule is CCN(CC)c1ccc(/C=N\Nc2nc(-c3ccccc3)c(-c3ccc(Cl)cc3)s2)cc1. The fourth-order valence-electron chi connectivity index (χ4n) is 3.48. The maximum Gasteiger partial charge on any atom is 0.204 e. The van der Waals surface area contributed by atoms with Gasteiger partial charge in [-0.25, -0.2) is 4.98 Å². The van der Waals surface area contributed by atoms with Gasteiger partial charge in [-0.15, -0.1) is 0 Å². The van der Waals surface area contributed by atoms with E-state index in [-0.39, 0.29) is 0 Å². The number of benzene rings is 3. The second-order valence-electron chi connectivity index (χ2n) is 7.20. The van der Waals surface area contributed by atoms with Crippen molar-refractivity contribution >= 4 is 40.0 Å². The third-order valence-electron chi connectivity index (χ3n) is 5.18. The Hall–Kier alpha value is -3.15. The summed E-state index contributed by atoms with van der Waals surface area (Å²) in [5.41, 5.74) is 8.44. The first kappa shape index (κ1) is 22.1. The topological polar surface area (TPSA) is 40.5 Å². The molecule has 162 valence electrons. The number of hydrogen-bond acceptors (Lipinski definition) is 5. The summed E-state index contributed by atoms with van der Waals surface area (Å²) >= 11 is 7.66. The summed E-state index contributed by atoms with van der Waals surface area (Å²) in [7, 11) is 0. The molecule has 4 nitrogen and oxygen atoms in total. The van der Waals surface area contributed by atoms with Crippen LogP contribution >= 0.6 is 22.9 Å². The zero-order valence-corrected chi connectivity index (χ0v) is 19.7. The van der Waals surface area contributed by atoms with Gasteiger partial charge in [0.05, 0.1) is 16.8 Å². The monoisotopic (exact) mass is 460 g/mol. The standard InChI is InChI=1S/C26H25ClN4S/c1-3-31(4-2)23-16-10-19(11-17-23)18-28-30-26-29-24(20-8-6-5-7-9-20)25(32-26)21-12-14-22(27)15-13-21/h5-18H,3-4H2,1-2H3,(H,29,30)/b28-18-. The fraction of sp³-hybridized carbons (Fsp3) is 0.154. The van der Waals surface area contributed by atoms with E-state index in [0.717, 1.165) is 50.5 Å². The number of aromatic nitrogens is 1. The predicted molar refractivity (Wildman–Crippen MR) is 139 cm³/mol. The Balaban J connectivity index is 1.56. The predicted octanol–water partition coefficient (Wildman–Crippen LogP) is 7.42. The van der Waals surface area contributed by atoms with E-state index in [9.17, 15) is 0 Å². The Morgan fingerprint density at radius 1 is 0.906 bits per heavy atom. The van der Waals surface area contributed by atoms with Crippen molar-refractivity contribution in [2.75, 3.05) is 23.4 Å². The molecule has 1 heterocycles. The Bertz CT molecular complexity index is 1160. The summed E-state index contributed by atoms with van der Waals surface area (Å²) < 4.78 is 0. The van der Waals surface area contributed by atoms with Crippen molar-refractivity contribution in [2.45, 2.75) is 13.8 Å². The maximum atomic E-state index is 6.09. The number of hydrogen-bond donors (Lipinski definition) is 1. The van der Waals surface area contributed by atoms with Crippen molar-refractivity contribution in [1.82, 2.24) is 4.98 Å². The molecule has 0 aliphatic carbocycles. The molecule has 6 heteroatoms. The molecular weight excluding hydrogens is 436 g/mol. The molecule has 32 heavy (non-hydrogen) atoms. The average molecular weight is 461 g/mol. The number of hydrazone groups is 1. The minimum absolute atomic E-state index is 0.717. The molecule has 0 spiro atoms. The van der Waals surface area contributed by atoms with Crippen LogP contribution in [0.2, 0.25) is 5.02 Å². The number of anilines is 2. The van der Waals surface area contributed by atoms with Gasteiger partial charge in [0, 0.05) is 29.4 Å². The van der Waals surface area contributed by atoms with Gasteiger partial charge in [-0.1, -0.05) is 77.5 Å². The number of halogens is 1. The van der Waals surface area contributed by atoms with Gasteiger partial charge in [-0.3, -0.25) is 5.43 Å². The van der Waals surface area contributed by atoms with Gasteiger partial charge in [0.15, 0.2) is 0 Å². The second kappa shape index (κ2) is 10.4. The molecule has 4 rings (SSSR count). The van der Waals surface area contributed by atoms with E-state index >= 15 is 0 Å². The van der Waals surface area contributed by atoms with Crippen molar-refractivity contribution in [3.63, 3.8) is 0 Å². The van der Waals surface area contributed by atoms with Crippen molar-refractivity contribution in [3.8, 4) is 21.7 Å². The molecule has 0 unspecified atom stereocenters. The van der Waals surface area contributed by atoms with Gasteiger partial charge in [-0.2, -0.15) is 5.10 Å². The maximum absolute atomic E-state index is 6.09. The van der Waals surface area contributed by atoms with Crippen LogP contribution in [0.3, 0.4) is 0 Å². The molecule has 0 aliphatic rings. The average Bonchev–Trinajstić information content (AvgIpc) is 3.26. The first-order chi connectivity index (χ1) is 15.7. The van der Waals surface area contributed by atoms with Crippen LogP contribution in [0.25, 0.3) is 21.7 Å². The Labute approximate surface area is 198 Å². The molecular formula is C26H25ClN4S. The highest BCUT2D eigenvalue weighted by atomic mass is 35.5. The van der Waals surface area contributed by atoms with Gasteiger partial charge in [0.25, 0.3) is 0 Å². The second-order valence-corrected chi connectivity index (χ2v) is 8.64. The molecule has 0 aliphatic heterocycles. The lowest BCUT2D eigenvalue weighted by Crippen LogP contribution is -2.21. The molecule has 0 atom stereocenters. The summed E-state index contributed by atoms with van der Waals surface area (Å²) in [6.45, 7) is 6.32. The fourth-order valence-corrected chi connectivity index (χ4v) is 4.55. The summed E-state index contributed by atoms with van der Waals surface area (Å²) in [4.78, 5) is 8.22. The Morgan fingerprint density at radius 3 is 2.25 bits per heavy atom. The smallest absolute Gasteiger partial charge is 0.204 e. The zero-order valence-electron chi connectivity index (χ0n) is 18.1. The van der Waals surface area contributed by atoms with Crippen LogP contribution in [0.5, 0.6) is 0 Å². The van der Waals surface area contributed by atoms with Crippen LogP contribution in [0, 0.1) is 0 Å². The lowest BCUT2D eigenvalue weighted by molar-refractivity contribution is 0.866. The van der Waals surface area contributed by atoms with Crippen molar-refractivity contribution in [1.29, 1.82) is 0 Å². The van der Waals surface area contributed by atoms with E-state index in [1.54, 1.807) is 11.3 Å². The lowest BCUT2D eigenvalue weighted by atomic mass is 10.1. The Kier molecular flexibility index (Phi) is 7.20. The summed E-state index contributed by atoms with van der Waals surface area (Å²) in [5.74, 6) is 0. The zero-order chi connectivity index (χ0) is 22.3. The molecule has 0 saturated heterocycles. The molecule has 0 amide bonds. The van der Waals surface area contributed by atoms with Crippen LogP contribution in [-0.2, 0) is 0 Å². The summed E-state index contributed by atoms with van der Waals surface area (Å²) in [6, 6.07) is 26.4. The first-order valence-corrected chi connectivity index (χ1v) is 11.8. The third kappa shape index (κ3) is 5.18. The van der Waals surface area contributed by atoms with Crippen molar-refractivity contribution in [3.05, 3.63) is 89.4 Å².